The Balaban J connectivity index is 1.66. The third-order valence-electron chi connectivity index (χ3n) is 8.34. The van der Waals surface area contributed by atoms with Crippen molar-refractivity contribution in [2.45, 2.75) is 81.5 Å². The number of ether oxygens (including phenoxy) is 1. The summed E-state index contributed by atoms with van der Waals surface area (Å²) in [5, 5.41) is 16.0. The molecule has 0 aliphatic heterocycles. The van der Waals surface area contributed by atoms with E-state index in [4.69, 9.17) is 4.74 Å². The van der Waals surface area contributed by atoms with Crippen molar-refractivity contribution in [2.24, 2.45) is 11.8 Å². The molecule has 3 unspecified atom stereocenters. The van der Waals surface area contributed by atoms with Gasteiger partial charge in [-0.2, -0.15) is 11.8 Å². The van der Waals surface area contributed by atoms with Crippen LogP contribution in [0.15, 0.2) is 86.0 Å². The Bertz CT molecular complexity index is 1200. The first-order chi connectivity index (χ1) is 21.9. The van der Waals surface area contributed by atoms with Gasteiger partial charge in [-0.05, 0) is 56.1 Å². The number of aliphatic hydroxyl groups is 1. The highest BCUT2D eigenvalue weighted by Crippen LogP contribution is 2.29. The lowest BCUT2D eigenvalue weighted by molar-refractivity contribution is -0.150. The smallest absolute Gasteiger partial charge is 0.309 e. The van der Waals surface area contributed by atoms with Gasteiger partial charge in [0, 0.05) is 17.9 Å². The van der Waals surface area contributed by atoms with E-state index in [0.717, 1.165) is 49.8 Å². The summed E-state index contributed by atoms with van der Waals surface area (Å²) in [6.45, 7) is 7.53. The fraction of sp³-hybridized carbons (Fsp3) is 0.486. The van der Waals surface area contributed by atoms with Crippen LogP contribution in [-0.2, 0) is 31.3 Å². The van der Waals surface area contributed by atoms with Crippen LogP contribution in [0.4, 0.5) is 0 Å². The number of amides is 2. The van der Waals surface area contributed by atoms with Crippen molar-refractivity contribution in [3.8, 4) is 0 Å². The number of allylic oxidation sites excluding steroid dienone is 2. The number of esters is 1. The molecular weight excluding hydrogens is 584 g/mol. The van der Waals surface area contributed by atoms with E-state index in [1.54, 1.807) is 17.8 Å². The summed E-state index contributed by atoms with van der Waals surface area (Å²) in [4.78, 5) is 39.9. The minimum Gasteiger partial charge on any atom is -0.463 e. The Labute approximate surface area is 273 Å². The van der Waals surface area contributed by atoms with Crippen LogP contribution in [0.1, 0.15) is 68.9 Å². The number of nitrogens with one attached hydrogen (secondary N) is 2. The Morgan fingerprint density at radius 2 is 1.62 bits per heavy atom. The van der Waals surface area contributed by atoms with Crippen molar-refractivity contribution in [3.05, 3.63) is 97.1 Å². The molecule has 0 radical (unpaired) electrons. The van der Waals surface area contributed by atoms with Gasteiger partial charge in [-0.1, -0.05) is 85.7 Å². The zero-order valence-corrected chi connectivity index (χ0v) is 27.3. The highest BCUT2D eigenvalue weighted by molar-refractivity contribution is 7.98. The first-order valence-electron chi connectivity index (χ1n) is 16.1. The number of hydrogen-bond donors (Lipinski definition) is 3. The lowest BCUT2D eigenvalue weighted by Crippen LogP contribution is -2.50. The van der Waals surface area contributed by atoms with E-state index < -0.39 is 17.5 Å². The molecule has 0 spiro atoms. The van der Waals surface area contributed by atoms with Gasteiger partial charge in [0.25, 0.3) is 0 Å². The van der Waals surface area contributed by atoms with Crippen molar-refractivity contribution >= 4 is 29.5 Å². The summed E-state index contributed by atoms with van der Waals surface area (Å²) in [5.74, 6) is -0.437. The van der Waals surface area contributed by atoms with E-state index >= 15 is 0 Å². The number of carbonyl (C=O) groups excluding carboxylic acids is 3. The molecule has 8 heteroatoms. The molecule has 0 bridgehead atoms. The van der Waals surface area contributed by atoms with E-state index in [9.17, 15) is 19.5 Å². The number of carbonyl (C=O) groups is 3. The van der Waals surface area contributed by atoms with Crippen LogP contribution in [0.3, 0.4) is 0 Å². The van der Waals surface area contributed by atoms with Crippen LogP contribution in [0.5, 0.6) is 0 Å². The third kappa shape index (κ3) is 12.9. The monoisotopic (exact) mass is 634 g/mol. The topological polar surface area (TPSA) is 105 Å². The van der Waals surface area contributed by atoms with Crippen LogP contribution < -0.4 is 10.6 Å². The maximum atomic E-state index is 13.5. The Morgan fingerprint density at radius 1 is 0.956 bits per heavy atom. The van der Waals surface area contributed by atoms with E-state index in [2.05, 4.69) is 35.9 Å². The first-order valence-corrected chi connectivity index (χ1v) is 17.3. The minimum absolute atomic E-state index is 0.00821. The van der Waals surface area contributed by atoms with E-state index in [-0.39, 0.29) is 43.3 Å². The zero-order valence-electron chi connectivity index (χ0n) is 26.5. The number of thioether (sulfide) groups is 1. The van der Waals surface area contributed by atoms with Gasteiger partial charge in [-0.3, -0.25) is 14.4 Å². The summed E-state index contributed by atoms with van der Waals surface area (Å²) in [6, 6.07) is 19.6. The fourth-order valence-electron chi connectivity index (χ4n) is 5.78. The lowest BCUT2D eigenvalue weighted by atomic mass is 9.94. The molecule has 3 rings (SSSR count). The Morgan fingerprint density at radius 3 is 2.24 bits per heavy atom. The average Bonchev–Trinajstić information content (AvgIpc) is 3.52. The maximum Gasteiger partial charge on any atom is 0.309 e. The molecule has 1 saturated carbocycles. The van der Waals surface area contributed by atoms with Crippen molar-refractivity contribution in [1.29, 1.82) is 0 Å². The number of rotatable bonds is 21. The summed E-state index contributed by atoms with van der Waals surface area (Å²) in [6.07, 6.45) is 10.1. The molecule has 2 aromatic carbocycles. The Kier molecular flexibility index (Phi) is 16.0. The number of aliphatic hydroxyl groups excluding tert-OH is 1. The highest BCUT2D eigenvalue weighted by Gasteiger charge is 2.35. The van der Waals surface area contributed by atoms with Gasteiger partial charge in [0.05, 0.1) is 30.0 Å². The molecule has 7 nitrogen and oxygen atoms in total. The predicted octanol–water partition coefficient (Wildman–Crippen LogP) is 6.17. The second kappa shape index (κ2) is 19.9. The molecule has 0 saturated heterocycles. The second-order valence-electron chi connectivity index (χ2n) is 12.1. The quantitative estimate of drug-likeness (QED) is 0.0863. The van der Waals surface area contributed by atoms with Gasteiger partial charge in [-0.15, -0.1) is 13.2 Å². The van der Waals surface area contributed by atoms with Gasteiger partial charge in [0.15, 0.2) is 0 Å². The summed E-state index contributed by atoms with van der Waals surface area (Å²) >= 11 is 1.65. The molecule has 45 heavy (non-hydrogen) atoms. The van der Waals surface area contributed by atoms with Crippen molar-refractivity contribution < 1.29 is 24.2 Å². The molecule has 3 N–H and O–H groups in total. The molecule has 0 aromatic heterocycles. The second-order valence-corrected chi connectivity index (χ2v) is 13.1. The molecule has 1 fully saturated rings. The third-order valence-corrected chi connectivity index (χ3v) is 9.52. The van der Waals surface area contributed by atoms with Crippen LogP contribution >= 0.6 is 11.8 Å². The molecule has 1 aliphatic carbocycles. The van der Waals surface area contributed by atoms with Gasteiger partial charge in [-0.25, -0.2) is 0 Å². The fourth-order valence-corrected chi connectivity index (χ4v) is 6.79. The minimum atomic E-state index is -0.623. The number of unbranched alkanes of at least 4 members (excludes halogenated alkanes) is 1. The average molecular weight is 635 g/mol. The molecule has 3 atom stereocenters. The van der Waals surface area contributed by atoms with E-state index in [1.165, 1.54) is 5.56 Å². The molecular formula is C37H50N2O5S. The van der Waals surface area contributed by atoms with E-state index in [1.807, 2.05) is 54.6 Å². The first kappa shape index (κ1) is 36.1. The van der Waals surface area contributed by atoms with Crippen molar-refractivity contribution in [3.63, 3.8) is 0 Å². The standard InChI is InChI=1S/C37H50N2O5S/c1-3-5-8-20-32(23-29-16-9-6-10-17-29)36(43)44-25-33(27-45-26-30-18-11-7-12-19-30)38-35(42)31(15-4-2)24-34(41)39-37(28-40)21-13-14-22-37/h3-4,6-7,9-12,16-19,31-33,40H,1-2,5,8,13-15,20-28H2,(H,38,42)(H,39,41). The molecule has 0 heterocycles. The van der Waals surface area contributed by atoms with Crippen molar-refractivity contribution in [1.82, 2.24) is 10.6 Å². The summed E-state index contributed by atoms with van der Waals surface area (Å²) < 4.78 is 5.89. The van der Waals surface area contributed by atoms with Crippen LogP contribution in [0.2, 0.25) is 0 Å². The molecule has 244 valence electrons. The Hall–Kier alpha value is -3.36. The van der Waals surface area contributed by atoms with Crippen LogP contribution in [0, 0.1) is 11.8 Å². The van der Waals surface area contributed by atoms with Crippen LogP contribution in [0.25, 0.3) is 0 Å². The van der Waals surface area contributed by atoms with Gasteiger partial charge < -0.3 is 20.5 Å². The highest BCUT2D eigenvalue weighted by atomic mass is 32.2. The van der Waals surface area contributed by atoms with Gasteiger partial charge in [0.2, 0.25) is 11.8 Å². The lowest BCUT2D eigenvalue weighted by Gasteiger charge is -2.29. The molecule has 2 aromatic rings. The SMILES string of the molecule is C=CCCCC(Cc1ccccc1)C(=O)OCC(CSCc1ccccc1)NC(=O)C(CC=C)CC(=O)NC1(CO)CCCC1. The summed E-state index contributed by atoms with van der Waals surface area (Å²) in [7, 11) is 0. The van der Waals surface area contributed by atoms with E-state index in [0.29, 0.717) is 25.0 Å². The predicted molar refractivity (Wildman–Crippen MR) is 183 cm³/mol. The maximum absolute atomic E-state index is 13.5. The largest absolute Gasteiger partial charge is 0.463 e. The van der Waals surface area contributed by atoms with Gasteiger partial charge in [0.1, 0.15) is 6.61 Å². The number of hydrogen-bond acceptors (Lipinski definition) is 6. The number of benzene rings is 2. The zero-order chi connectivity index (χ0) is 32.3. The summed E-state index contributed by atoms with van der Waals surface area (Å²) in [5.41, 5.74) is 1.65. The normalized spacial score (nSPS) is 15.8. The molecule has 2 amide bonds. The van der Waals surface area contributed by atoms with Crippen LogP contribution in [-0.4, -0.2) is 53.4 Å². The molecule has 1 aliphatic rings. The van der Waals surface area contributed by atoms with Gasteiger partial charge >= 0.3 is 5.97 Å². The van der Waals surface area contributed by atoms with Crippen molar-refractivity contribution in [2.75, 3.05) is 19.0 Å².